The number of hydrogen-bond acceptors (Lipinski definition) is 6. The average molecular weight is 441 g/mol. The largest absolute Gasteiger partial charge is 0.452 e. The van der Waals surface area contributed by atoms with E-state index in [1.807, 2.05) is 23.8 Å². The molecule has 3 aromatic rings. The van der Waals surface area contributed by atoms with E-state index < -0.39 is 18.5 Å². The zero-order chi connectivity index (χ0) is 21.5. The summed E-state index contributed by atoms with van der Waals surface area (Å²) in [5, 5.41) is 4.50. The quantitative estimate of drug-likeness (QED) is 0.431. The van der Waals surface area contributed by atoms with Gasteiger partial charge in [-0.2, -0.15) is 0 Å². The van der Waals surface area contributed by atoms with Crippen molar-refractivity contribution in [3.63, 3.8) is 0 Å². The van der Waals surface area contributed by atoms with Crippen molar-refractivity contribution in [2.75, 3.05) is 30.1 Å². The Labute approximate surface area is 182 Å². The molecule has 154 valence electrons. The number of carbonyl (C=O) groups is 3. The molecule has 0 aliphatic carbocycles. The van der Waals surface area contributed by atoms with E-state index in [-0.39, 0.29) is 11.5 Å². The number of carbonyl (C=O) groups excluding carboxylic acids is 3. The summed E-state index contributed by atoms with van der Waals surface area (Å²) in [6.07, 6.45) is 1.97. The fourth-order valence-electron chi connectivity index (χ4n) is 2.69. The highest BCUT2D eigenvalue weighted by atomic mass is 32.2. The SMILES string of the molecule is CSc1ccc(NC(=O)COC(=O)c2ccccc2N(C)C(=O)c2cccs2)cc1. The second kappa shape index (κ2) is 10.1. The first kappa shape index (κ1) is 21.6. The monoisotopic (exact) mass is 440 g/mol. The number of esters is 1. The highest BCUT2D eigenvalue weighted by Gasteiger charge is 2.21. The normalized spacial score (nSPS) is 10.3. The maximum Gasteiger partial charge on any atom is 0.340 e. The van der Waals surface area contributed by atoms with Gasteiger partial charge in [-0.1, -0.05) is 18.2 Å². The Morgan fingerprint density at radius 2 is 1.77 bits per heavy atom. The molecule has 0 atom stereocenters. The van der Waals surface area contributed by atoms with Crippen molar-refractivity contribution in [2.24, 2.45) is 0 Å². The van der Waals surface area contributed by atoms with Gasteiger partial charge in [-0.3, -0.25) is 9.59 Å². The van der Waals surface area contributed by atoms with Crippen LogP contribution in [0.5, 0.6) is 0 Å². The molecule has 8 heteroatoms. The zero-order valence-corrected chi connectivity index (χ0v) is 18.1. The van der Waals surface area contributed by atoms with Crippen LogP contribution in [0.4, 0.5) is 11.4 Å². The molecule has 0 bridgehead atoms. The van der Waals surface area contributed by atoms with Crippen LogP contribution in [0.1, 0.15) is 20.0 Å². The lowest BCUT2D eigenvalue weighted by Crippen LogP contribution is -2.28. The molecule has 6 nitrogen and oxygen atoms in total. The van der Waals surface area contributed by atoms with Crippen LogP contribution in [0, 0.1) is 0 Å². The summed E-state index contributed by atoms with van der Waals surface area (Å²) in [5.74, 6) is -1.35. The number of para-hydroxylation sites is 1. The molecule has 1 aromatic heterocycles. The fraction of sp³-hybridized carbons (Fsp3) is 0.136. The van der Waals surface area contributed by atoms with Gasteiger partial charge in [-0.15, -0.1) is 23.1 Å². The van der Waals surface area contributed by atoms with Crippen LogP contribution < -0.4 is 10.2 Å². The van der Waals surface area contributed by atoms with Crippen molar-refractivity contribution >= 4 is 52.3 Å². The zero-order valence-electron chi connectivity index (χ0n) is 16.5. The number of ether oxygens (including phenoxy) is 1. The Morgan fingerprint density at radius 3 is 2.43 bits per heavy atom. The van der Waals surface area contributed by atoms with E-state index in [1.54, 1.807) is 67.3 Å². The number of amides is 2. The molecule has 0 saturated heterocycles. The van der Waals surface area contributed by atoms with Gasteiger partial charge in [0.05, 0.1) is 16.1 Å². The van der Waals surface area contributed by atoms with Crippen molar-refractivity contribution in [2.45, 2.75) is 4.90 Å². The van der Waals surface area contributed by atoms with Gasteiger partial charge in [-0.05, 0) is 54.1 Å². The van der Waals surface area contributed by atoms with Crippen molar-refractivity contribution in [1.29, 1.82) is 0 Å². The first-order chi connectivity index (χ1) is 14.5. The minimum absolute atomic E-state index is 0.210. The summed E-state index contributed by atoms with van der Waals surface area (Å²) in [5.41, 5.74) is 1.24. The molecule has 0 radical (unpaired) electrons. The van der Waals surface area contributed by atoms with Crippen LogP contribution in [-0.2, 0) is 9.53 Å². The first-order valence-electron chi connectivity index (χ1n) is 9.01. The summed E-state index contributed by atoms with van der Waals surface area (Å²) >= 11 is 2.93. The predicted molar refractivity (Wildman–Crippen MR) is 121 cm³/mol. The molecule has 2 amide bonds. The average Bonchev–Trinajstić information content (AvgIpc) is 3.32. The number of nitrogens with one attached hydrogen (secondary N) is 1. The molecule has 0 unspecified atom stereocenters. The van der Waals surface area contributed by atoms with Crippen LogP contribution in [0.25, 0.3) is 0 Å². The third-order valence-corrected chi connectivity index (χ3v) is 5.83. The van der Waals surface area contributed by atoms with Crippen LogP contribution in [0.2, 0.25) is 0 Å². The molecular weight excluding hydrogens is 420 g/mol. The highest BCUT2D eigenvalue weighted by molar-refractivity contribution is 7.98. The van der Waals surface area contributed by atoms with Crippen molar-refractivity contribution in [3.05, 3.63) is 76.5 Å². The first-order valence-corrected chi connectivity index (χ1v) is 11.1. The Balaban J connectivity index is 1.64. The molecule has 0 spiro atoms. The van der Waals surface area contributed by atoms with Gasteiger partial charge >= 0.3 is 5.97 Å². The fourth-order valence-corrected chi connectivity index (χ4v) is 3.80. The molecule has 0 aliphatic heterocycles. The summed E-state index contributed by atoms with van der Waals surface area (Å²) in [6.45, 7) is -0.431. The molecule has 30 heavy (non-hydrogen) atoms. The van der Waals surface area contributed by atoms with Crippen LogP contribution in [0.15, 0.2) is 70.9 Å². The number of hydrogen-bond donors (Lipinski definition) is 1. The molecular formula is C22H20N2O4S2. The lowest BCUT2D eigenvalue weighted by Gasteiger charge is -2.19. The lowest BCUT2D eigenvalue weighted by atomic mass is 10.1. The van der Waals surface area contributed by atoms with Gasteiger partial charge in [0.25, 0.3) is 11.8 Å². The van der Waals surface area contributed by atoms with Crippen LogP contribution >= 0.6 is 23.1 Å². The van der Waals surface area contributed by atoms with Gasteiger partial charge in [0.1, 0.15) is 0 Å². The van der Waals surface area contributed by atoms with Gasteiger partial charge in [0.2, 0.25) is 0 Å². The molecule has 3 rings (SSSR count). The van der Waals surface area contributed by atoms with Crippen LogP contribution in [0.3, 0.4) is 0 Å². The van der Waals surface area contributed by atoms with Crippen molar-refractivity contribution < 1.29 is 19.1 Å². The molecule has 0 fully saturated rings. The lowest BCUT2D eigenvalue weighted by molar-refractivity contribution is -0.119. The molecule has 1 heterocycles. The minimum Gasteiger partial charge on any atom is -0.452 e. The van der Waals surface area contributed by atoms with E-state index in [0.717, 1.165) is 4.90 Å². The van der Waals surface area contributed by atoms with E-state index >= 15 is 0 Å². The maximum atomic E-state index is 12.6. The maximum absolute atomic E-state index is 12.6. The number of anilines is 2. The third kappa shape index (κ3) is 5.28. The minimum atomic E-state index is -0.677. The third-order valence-electron chi connectivity index (χ3n) is 4.23. The summed E-state index contributed by atoms with van der Waals surface area (Å²) < 4.78 is 5.18. The predicted octanol–water partition coefficient (Wildman–Crippen LogP) is 4.54. The smallest absolute Gasteiger partial charge is 0.340 e. The van der Waals surface area contributed by atoms with Crippen molar-refractivity contribution in [3.8, 4) is 0 Å². The molecule has 0 saturated carbocycles. The van der Waals surface area contributed by atoms with E-state index in [1.165, 1.54) is 16.2 Å². The highest BCUT2D eigenvalue weighted by Crippen LogP contribution is 2.23. The van der Waals surface area contributed by atoms with Gasteiger partial charge in [-0.25, -0.2) is 4.79 Å². The standard InChI is InChI=1S/C22H20N2O4S2/c1-24(21(26)19-8-5-13-30-19)18-7-4-3-6-17(18)22(27)28-14-20(25)23-15-9-11-16(29-2)12-10-15/h3-13H,14H2,1-2H3,(H,23,25). The Hall–Kier alpha value is -3.10. The molecule has 2 aromatic carbocycles. The number of thioether (sulfide) groups is 1. The van der Waals surface area contributed by atoms with Gasteiger partial charge in [0, 0.05) is 17.6 Å². The van der Waals surface area contributed by atoms with E-state index in [4.69, 9.17) is 4.74 Å². The summed E-state index contributed by atoms with van der Waals surface area (Å²) in [4.78, 5) is 40.4. The molecule has 1 N–H and O–H groups in total. The van der Waals surface area contributed by atoms with Crippen LogP contribution in [-0.4, -0.2) is 37.7 Å². The number of benzene rings is 2. The number of rotatable bonds is 7. The molecule has 0 aliphatic rings. The Morgan fingerprint density at radius 1 is 1.03 bits per heavy atom. The Kier molecular flexibility index (Phi) is 7.26. The van der Waals surface area contributed by atoms with E-state index in [9.17, 15) is 14.4 Å². The second-order valence-corrected chi connectivity index (χ2v) is 8.04. The number of nitrogens with zero attached hydrogens (tertiary/aromatic N) is 1. The topological polar surface area (TPSA) is 75.7 Å². The second-order valence-electron chi connectivity index (χ2n) is 6.21. The summed E-state index contributed by atoms with van der Waals surface area (Å²) in [7, 11) is 1.60. The van der Waals surface area contributed by atoms with Gasteiger partial charge in [0.15, 0.2) is 6.61 Å². The number of thiophene rings is 1. The van der Waals surface area contributed by atoms with Gasteiger partial charge < -0.3 is 15.0 Å². The van der Waals surface area contributed by atoms with E-state index in [0.29, 0.717) is 16.3 Å². The summed E-state index contributed by atoms with van der Waals surface area (Å²) in [6, 6.07) is 17.5. The van der Waals surface area contributed by atoms with Crippen molar-refractivity contribution in [1.82, 2.24) is 0 Å². The van der Waals surface area contributed by atoms with E-state index in [2.05, 4.69) is 5.32 Å². The Bertz CT molecular complexity index is 1030.